The number of fused-ring (bicyclic) bond motifs is 1. The molecule has 1 atom stereocenters. The Balaban J connectivity index is 1.68. The van der Waals surface area contributed by atoms with Crippen LogP contribution in [0.4, 0.5) is 5.69 Å². The third-order valence-electron chi connectivity index (χ3n) is 5.18. The number of rotatable bonds is 7. The molecule has 148 valence electrons. The zero-order chi connectivity index (χ0) is 20.1. The Labute approximate surface area is 172 Å². The van der Waals surface area contributed by atoms with E-state index in [-0.39, 0.29) is 12.1 Å². The number of para-hydroxylation sites is 2. The quantitative estimate of drug-likeness (QED) is 0.600. The molecule has 0 spiro atoms. The zero-order valence-electron chi connectivity index (χ0n) is 16.7. The van der Waals surface area contributed by atoms with Gasteiger partial charge in [-0.2, -0.15) is 0 Å². The zero-order valence-corrected chi connectivity index (χ0v) is 16.7. The molecule has 0 saturated heterocycles. The van der Waals surface area contributed by atoms with E-state index < -0.39 is 0 Å². The van der Waals surface area contributed by atoms with E-state index in [4.69, 9.17) is 4.74 Å². The fourth-order valence-corrected chi connectivity index (χ4v) is 3.71. The standard InChI is InChI=1S/C25H26N2O2/c1-2-18-29-23-15-9-7-13-21(23)24-26-22-14-8-6-12-20(22)25(28)27(24)17-16-19-10-4-3-5-11-19/h3-15,24,26H,2,16-18H2,1H3. The van der Waals surface area contributed by atoms with Gasteiger partial charge < -0.3 is 15.0 Å². The van der Waals surface area contributed by atoms with E-state index in [2.05, 4.69) is 24.4 Å². The van der Waals surface area contributed by atoms with Crippen LogP contribution in [0.5, 0.6) is 5.75 Å². The Morgan fingerprint density at radius 2 is 1.66 bits per heavy atom. The van der Waals surface area contributed by atoms with Gasteiger partial charge in [-0.15, -0.1) is 0 Å². The Bertz CT molecular complexity index is 971. The number of carbonyl (C=O) groups excluding carboxylic acids is 1. The maximum Gasteiger partial charge on any atom is 0.257 e. The Kier molecular flexibility index (Phi) is 5.80. The number of hydrogen-bond acceptors (Lipinski definition) is 3. The molecule has 4 heteroatoms. The first-order valence-corrected chi connectivity index (χ1v) is 10.2. The number of hydrogen-bond donors (Lipinski definition) is 1. The van der Waals surface area contributed by atoms with Gasteiger partial charge in [-0.25, -0.2) is 0 Å². The topological polar surface area (TPSA) is 41.6 Å². The molecular weight excluding hydrogens is 360 g/mol. The van der Waals surface area contributed by atoms with Crippen molar-refractivity contribution in [2.75, 3.05) is 18.5 Å². The molecule has 1 amide bonds. The van der Waals surface area contributed by atoms with Gasteiger partial charge in [0.05, 0.1) is 12.2 Å². The number of nitrogens with zero attached hydrogens (tertiary/aromatic N) is 1. The first-order valence-electron chi connectivity index (χ1n) is 10.2. The SMILES string of the molecule is CCCOc1ccccc1C1Nc2ccccc2C(=O)N1CCc1ccccc1. The molecule has 1 heterocycles. The number of benzene rings is 3. The number of ether oxygens (including phenoxy) is 1. The summed E-state index contributed by atoms with van der Waals surface area (Å²) >= 11 is 0. The van der Waals surface area contributed by atoms with Crippen LogP contribution in [0.1, 0.15) is 41.0 Å². The normalized spacial score (nSPS) is 15.6. The van der Waals surface area contributed by atoms with Crippen LogP contribution in [0.15, 0.2) is 78.9 Å². The lowest BCUT2D eigenvalue weighted by Crippen LogP contribution is -2.44. The monoisotopic (exact) mass is 386 g/mol. The highest BCUT2D eigenvalue weighted by molar-refractivity contribution is 6.01. The highest BCUT2D eigenvalue weighted by Crippen LogP contribution is 2.36. The first-order chi connectivity index (χ1) is 14.3. The number of anilines is 1. The van der Waals surface area contributed by atoms with Crippen LogP contribution in [0.3, 0.4) is 0 Å². The van der Waals surface area contributed by atoms with E-state index in [9.17, 15) is 4.79 Å². The summed E-state index contributed by atoms with van der Waals surface area (Å²) in [7, 11) is 0. The predicted octanol–water partition coefficient (Wildman–Crippen LogP) is 5.28. The molecule has 0 radical (unpaired) electrons. The van der Waals surface area contributed by atoms with Crippen LogP contribution in [0.2, 0.25) is 0 Å². The van der Waals surface area contributed by atoms with E-state index in [1.165, 1.54) is 5.56 Å². The first kappa shape index (κ1) is 19.1. The molecule has 1 aliphatic heterocycles. The van der Waals surface area contributed by atoms with Gasteiger partial charge in [-0.05, 0) is 36.6 Å². The lowest BCUT2D eigenvalue weighted by Gasteiger charge is -2.38. The molecule has 1 N–H and O–H groups in total. The summed E-state index contributed by atoms with van der Waals surface area (Å²) < 4.78 is 6.00. The van der Waals surface area contributed by atoms with E-state index >= 15 is 0 Å². The van der Waals surface area contributed by atoms with Crippen molar-refractivity contribution in [2.24, 2.45) is 0 Å². The fourth-order valence-electron chi connectivity index (χ4n) is 3.71. The minimum Gasteiger partial charge on any atom is -0.493 e. The van der Waals surface area contributed by atoms with Gasteiger partial charge in [0.15, 0.2) is 0 Å². The second kappa shape index (κ2) is 8.82. The second-order valence-corrected chi connectivity index (χ2v) is 7.21. The van der Waals surface area contributed by atoms with Gasteiger partial charge in [0.2, 0.25) is 0 Å². The minimum atomic E-state index is -0.269. The summed E-state index contributed by atoms with van der Waals surface area (Å²) in [6, 6.07) is 26.0. The molecular formula is C25H26N2O2. The average molecular weight is 386 g/mol. The van der Waals surface area contributed by atoms with Gasteiger partial charge in [0.25, 0.3) is 5.91 Å². The number of amides is 1. The van der Waals surface area contributed by atoms with Crippen LogP contribution in [-0.2, 0) is 6.42 Å². The molecule has 3 aromatic carbocycles. The molecule has 4 nitrogen and oxygen atoms in total. The molecule has 1 unspecified atom stereocenters. The highest BCUT2D eigenvalue weighted by atomic mass is 16.5. The molecule has 0 aromatic heterocycles. The van der Waals surface area contributed by atoms with Crippen molar-refractivity contribution in [3.8, 4) is 5.75 Å². The van der Waals surface area contributed by atoms with Crippen LogP contribution < -0.4 is 10.1 Å². The second-order valence-electron chi connectivity index (χ2n) is 7.21. The van der Waals surface area contributed by atoms with Crippen LogP contribution in [-0.4, -0.2) is 24.0 Å². The van der Waals surface area contributed by atoms with Crippen LogP contribution in [0.25, 0.3) is 0 Å². The highest BCUT2D eigenvalue weighted by Gasteiger charge is 2.33. The van der Waals surface area contributed by atoms with E-state index in [1.54, 1.807) is 0 Å². The summed E-state index contributed by atoms with van der Waals surface area (Å²) in [4.78, 5) is 15.3. The lowest BCUT2D eigenvalue weighted by atomic mass is 10.0. The van der Waals surface area contributed by atoms with Crippen molar-refractivity contribution in [3.63, 3.8) is 0 Å². The molecule has 0 saturated carbocycles. The lowest BCUT2D eigenvalue weighted by molar-refractivity contribution is 0.0683. The maximum atomic E-state index is 13.4. The van der Waals surface area contributed by atoms with Gasteiger partial charge in [-0.1, -0.05) is 67.6 Å². The van der Waals surface area contributed by atoms with Gasteiger partial charge in [0.1, 0.15) is 11.9 Å². The number of carbonyl (C=O) groups is 1. The Morgan fingerprint density at radius 1 is 0.931 bits per heavy atom. The summed E-state index contributed by atoms with van der Waals surface area (Å²) in [5, 5.41) is 3.57. The molecule has 3 aromatic rings. The third-order valence-corrected chi connectivity index (χ3v) is 5.18. The molecule has 1 aliphatic rings. The fraction of sp³-hybridized carbons (Fsp3) is 0.240. The minimum absolute atomic E-state index is 0.0468. The summed E-state index contributed by atoms with van der Waals surface area (Å²) in [6.45, 7) is 3.36. The third kappa shape index (κ3) is 4.11. The summed E-state index contributed by atoms with van der Waals surface area (Å²) in [6.07, 6.45) is 1.46. The predicted molar refractivity (Wildman–Crippen MR) is 116 cm³/mol. The Morgan fingerprint density at radius 3 is 2.48 bits per heavy atom. The van der Waals surface area contributed by atoms with Crippen molar-refractivity contribution in [2.45, 2.75) is 25.9 Å². The molecule has 4 rings (SSSR count). The average Bonchev–Trinajstić information content (AvgIpc) is 2.78. The smallest absolute Gasteiger partial charge is 0.257 e. The van der Waals surface area contributed by atoms with E-state index in [0.717, 1.165) is 29.8 Å². The van der Waals surface area contributed by atoms with Crippen molar-refractivity contribution in [1.29, 1.82) is 0 Å². The molecule has 0 aliphatic carbocycles. The van der Waals surface area contributed by atoms with Crippen molar-refractivity contribution in [3.05, 3.63) is 95.6 Å². The van der Waals surface area contributed by atoms with Gasteiger partial charge in [-0.3, -0.25) is 4.79 Å². The number of nitrogens with one attached hydrogen (secondary N) is 1. The molecule has 0 fully saturated rings. The van der Waals surface area contributed by atoms with Crippen LogP contribution in [0, 0.1) is 0 Å². The summed E-state index contributed by atoms with van der Waals surface area (Å²) in [5.41, 5.74) is 3.78. The van der Waals surface area contributed by atoms with Crippen molar-refractivity contribution >= 4 is 11.6 Å². The Hall–Kier alpha value is -3.27. The van der Waals surface area contributed by atoms with Crippen molar-refractivity contribution < 1.29 is 9.53 Å². The summed E-state index contributed by atoms with van der Waals surface area (Å²) in [5.74, 6) is 0.870. The largest absolute Gasteiger partial charge is 0.493 e. The van der Waals surface area contributed by atoms with Crippen LogP contribution >= 0.6 is 0 Å². The van der Waals surface area contributed by atoms with E-state index in [1.807, 2.05) is 71.6 Å². The van der Waals surface area contributed by atoms with Gasteiger partial charge >= 0.3 is 0 Å². The van der Waals surface area contributed by atoms with Crippen molar-refractivity contribution in [1.82, 2.24) is 4.90 Å². The van der Waals surface area contributed by atoms with E-state index in [0.29, 0.717) is 18.7 Å². The molecule has 0 bridgehead atoms. The maximum absolute atomic E-state index is 13.4. The molecule has 29 heavy (non-hydrogen) atoms. The van der Waals surface area contributed by atoms with Gasteiger partial charge in [0, 0.05) is 17.8 Å².